The second-order valence-electron chi connectivity index (χ2n) is 3.72. The van der Waals surface area contributed by atoms with Crippen LogP contribution >= 0.6 is 0 Å². The van der Waals surface area contributed by atoms with Gasteiger partial charge in [0.15, 0.2) is 5.82 Å². The van der Waals surface area contributed by atoms with Crippen molar-refractivity contribution in [3.8, 4) is 0 Å². The fourth-order valence-corrected chi connectivity index (χ4v) is 1.60. The summed E-state index contributed by atoms with van der Waals surface area (Å²) in [6.07, 6.45) is 5.32. The van der Waals surface area contributed by atoms with Crippen LogP contribution in [-0.2, 0) is 19.4 Å². The van der Waals surface area contributed by atoms with Crippen LogP contribution in [0.4, 0.5) is 0 Å². The number of nitrogens with zero attached hydrogens (tertiary/aromatic N) is 3. The SMILES string of the molecule is CCc1nc(CC)n(CCCCCN)n1. The molecule has 1 rings (SSSR count). The number of nitrogens with two attached hydrogens (primary N) is 1. The molecule has 0 radical (unpaired) electrons. The smallest absolute Gasteiger partial charge is 0.150 e. The van der Waals surface area contributed by atoms with Crippen LogP contribution in [-0.4, -0.2) is 21.3 Å². The van der Waals surface area contributed by atoms with Gasteiger partial charge in [0.1, 0.15) is 5.82 Å². The number of hydrogen-bond acceptors (Lipinski definition) is 3. The highest BCUT2D eigenvalue weighted by Crippen LogP contribution is 2.04. The lowest BCUT2D eigenvalue weighted by atomic mass is 10.2. The average Bonchev–Trinajstić information content (AvgIpc) is 2.67. The quantitative estimate of drug-likeness (QED) is 0.694. The maximum atomic E-state index is 5.45. The van der Waals surface area contributed by atoms with E-state index in [1.807, 2.05) is 0 Å². The monoisotopic (exact) mass is 210 g/mol. The lowest BCUT2D eigenvalue weighted by Gasteiger charge is -2.03. The summed E-state index contributed by atoms with van der Waals surface area (Å²) in [7, 11) is 0. The molecule has 1 aromatic heterocycles. The normalized spacial score (nSPS) is 10.9. The van der Waals surface area contributed by atoms with Gasteiger partial charge in [-0.05, 0) is 19.4 Å². The number of unbranched alkanes of at least 4 members (excludes halogenated alkanes) is 2. The number of hydrogen-bond donors (Lipinski definition) is 1. The third-order valence-corrected chi connectivity index (χ3v) is 2.50. The summed E-state index contributed by atoms with van der Waals surface area (Å²) in [5.74, 6) is 2.07. The Balaban J connectivity index is 2.47. The first-order valence-electron chi connectivity index (χ1n) is 5.94. The molecule has 0 aliphatic carbocycles. The van der Waals surface area contributed by atoms with Crippen LogP contribution in [0.5, 0.6) is 0 Å². The minimum atomic E-state index is 0.790. The van der Waals surface area contributed by atoms with E-state index in [4.69, 9.17) is 5.73 Å². The molecule has 0 fully saturated rings. The molecule has 0 aromatic carbocycles. The van der Waals surface area contributed by atoms with Crippen LogP contribution < -0.4 is 5.73 Å². The minimum absolute atomic E-state index is 0.790. The predicted molar refractivity (Wildman–Crippen MR) is 61.7 cm³/mol. The molecule has 0 saturated heterocycles. The third-order valence-electron chi connectivity index (χ3n) is 2.50. The molecule has 4 heteroatoms. The van der Waals surface area contributed by atoms with Gasteiger partial charge in [-0.2, -0.15) is 5.10 Å². The Kier molecular flexibility index (Phi) is 5.32. The van der Waals surface area contributed by atoms with E-state index < -0.39 is 0 Å². The fourth-order valence-electron chi connectivity index (χ4n) is 1.60. The molecule has 0 bridgehead atoms. The molecule has 0 aliphatic heterocycles. The fraction of sp³-hybridized carbons (Fsp3) is 0.818. The summed E-state index contributed by atoms with van der Waals surface area (Å²) in [5.41, 5.74) is 5.45. The number of aryl methyl sites for hydroxylation is 3. The number of aromatic nitrogens is 3. The Morgan fingerprint density at radius 2 is 1.93 bits per heavy atom. The van der Waals surface area contributed by atoms with Crippen LogP contribution in [0.3, 0.4) is 0 Å². The van der Waals surface area contributed by atoms with Crippen molar-refractivity contribution in [2.45, 2.75) is 52.5 Å². The predicted octanol–water partition coefficient (Wildman–Crippen LogP) is 1.53. The van der Waals surface area contributed by atoms with Gasteiger partial charge in [-0.15, -0.1) is 0 Å². The Hall–Kier alpha value is -0.900. The Morgan fingerprint density at radius 1 is 1.13 bits per heavy atom. The standard InChI is InChI=1S/C11H22N4/c1-3-10-13-11(4-2)15(14-10)9-7-5-6-8-12/h3-9,12H2,1-2H3. The average molecular weight is 210 g/mol. The van der Waals surface area contributed by atoms with E-state index in [1.165, 1.54) is 6.42 Å². The first-order chi connectivity index (χ1) is 7.31. The summed E-state index contributed by atoms with van der Waals surface area (Å²) in [6.45, 7) is 5.99. The van der Waals surface area contributed by atoms with Crippen molar-refractivity contribution < 1.29 is 0 Å². The molecule has 1 aromatic rings. The third kappa shape index (κ3) is 3.63. The molecule has 0 saturated carbocycles. The van der Waals surface area contributed by atoms with E-state index in [2.05, 4.69) is 28.6 Å². The van der Waals surface area contributed by atoms with Crippen LogP contribution in [0, 0.1) is 0 Å². The van der Waals surface area contributed by atoms with Gasteiger partial charge >= 0.3 is 0 Å². The molecule has 0 amide bonds. The zero-order valence-electron chi connectivity index (χ0n) is 9.87. The molecule has 4 nitrogen and oxygen atoms in total. The Bertz CT molecular complexity index is 280. The molecule has 15 heavy (non-hydrogen) atoms. The summed E-state index contributed by atoms with van der Waals surface area (Å²) < 4.78 is 2.05. The first kappa shape index (κ1) is 12.2. The maximum absolute atomic E-state index is 5.45. The van der Waals surface area contributed by atoms with Crippen molar-refractivity contribution >= 4 is 0 Å². The lowest BCUT2D eigenvalue weighted by Crippen LogP contribution is -2.06. The Morgan fingerprint density at radius 3 is 2.53 bits per heavy atom. The van der Waals surface area contributed by atoms with Crippen molar-refractivity contribution in [2.24, 2.45) is 5.73 Å². The van der Waals surface area contributed by atoms with Crippen LogP contribution in [0.2, 0.25) is 0 Å². The van der Waals surface area contributed by atoms with E-state index in [9.17, 15) is 0 Å². The zero-order chi connectivity index (χ0) is 11.1. The topological polar surface area (TPSA) is 56.7 Å². The highest BCUT2D eigenvalue weighted by molar-refractivity contribution is 4.92. The van der Waals surface area contributed by atoms with Gasteiger partial charge < -0.3 is 5.73 Å². The van der Waals surface area contributed by atoms with Crippen LogP contribution in [0.25, 0.3) is 0 Å². The van der Waals surface area contributed by atoms with E-state index in [-0.39, 0.29) is 0 Å². The summed E-state index contributed by atoms with van der Waals surface area (Å²) in [5, 5.41) is 4.47. The first-order valence-corrected chi connectivity index (χ1v) is 5.94. The van der Waals surface area contributed by atoms with E-state index in [1.54, 1.807) is 0 Å². The summed E-state index contributed by atoms with van der Waals surface area (Å²) in [6, 6.07) is 0. The second kappa shape index (κ2) is 6.56. The lowest BCUT2D eigenvalue weighted by molar-refractivity contribution is 0.525. The van der Waals surface area contributed by atoms with Crippen molar-refractivity contribution in [1.29, 1.82) is 0 Å². The van der Waals surface area contributed by atoms with Crippen molar-refractivity contribution in [2.75, 3.05) is 6.54 Å². The van der Waals surface area contributed by atoms with E-state index in [0.717, 1.165) is 50.4 Å². The largest absolute Gasteiger partial charge is 0.330 e. The highest BCUT2D eigenvalue weighted by Gasteiger charge is 2.05. The molecular formula is C11H22N4. The molecule has 86 valence electrons. The van der Waals surface area contributed by atoms with Gasteiger partial charge in [-0.3, -0.25) is 0 Å². The second-order valence-corrected chi connectivity index (χ2v) is 3.72. The van der Waals surface area contributed by atoms with Gasteiger partial charge in [0.2, 0.25) is 0 Å². The molecule has 0 unspecified atom stereocenters. The van der Waals surface area contributed by atoms with Gasteiger partial charge in [-0.1, -0.05) is 20.3 Å². The van der Waals surface area contributed by atoms with Gasteiger partial charge in [-0.25, -0.2) is 9.67 Å². The highest BCUT2D eigenvalue weighted by atomic mass is 15.3. The van der Waals surface area contributed by atoms with Crippen molar-refractivity contribution in [1.82, 2.24) is 14.8 Å². The van der Waals surface area contributed by atoms with Crippen molar-refractivity contribution in [3.63, 3.8) is 0 Å². The molecule has 0 atom stereocenters. The Labute approximate surface area is 91.9 Å². The maximum Gasteiger partial charge on any atom is 0.150 e. The van der Waals surface area contributed by atoms with E-state index >= 15 is 0 Å². The summed E-state index contributed by atoms with van der Waals surface area (Å²) in [4.78, 5) is 4.47. The summed E-state index contributed by atoms with van der Waals surface area (Å²) >= 11 is 0. The van der Waals surface area contributed by atoms with Crippen molar-refractivity contribution in [3.05, 3.63) is 11.6 Å². The number of rotatable bonds is 7. The molecular weight excluding hydrogens is 188 g/mol. The van der Waals surface area contributed by atoms with E-state index in [0.29, 0.717) is 0 Å². The zero-order valence-corrected chi connectivity index (χ0v) is 9.87. The molecule has 2 N–H and O–H groups in total. The van der Waals surface area contributed by atoms with Crippen LogP contribution in [0.1, 0.15) is 44.8 Å². The van der Waals surface area contributed by atoms with Gasteiger partial charge in [0.05, 0.1) is 0 Å². The molecule has 0 spiro atoms. The molecule has 1 heterocycles. The van der Waals surface area contributed by atoms with Gasteiger partial charge in [0, 0.05) is 19.4 Å². The molecule has 0 aliphatic rings. The minimum Gasteiger partial charge on any atom is -0.330 e. The van der Waals surface area contributed by atoms with Crippen LogP contribution in [0.15, 0.2) is 0 Å². The van der Waals surface area contributed by atoms with Gasteiger partial charge in [0.25, 0.3) is 0 Å².